The standard InChI is InChI=1S/C13H20BrNOS/c1-4-16-11-7-10(13(11,2)3)15-8-9-5-6-12(14)17-9/h5-6,10-11,15H,4,7-8H2,1-3H3. The van der Waals surface area contributed by atoms with Crippen LogP contribution in [0, 0.1) is 5.41 Å². The summed E-state index contributed by atoms with van der Waals surface area (Å²) in [7, 11) is 0. The number of nitrogens with one attached hydrogen (secondary N) is 1. The maximum absolute atomic E-state index is 5.73. The van der Waals surface area contributed by atoms with E-state index in [0.29, 0.717) is 12.1 Å². The second-order valence-corrected chi connectivity index (χ2v) is 7.69. The van der Waals surface area contributed by atoms with E-state index >= 15 is 0 Å². The molecule has 2 nitrogen and oxygen atoms in total. The SMILES string of the molecule is CCOC1CC(NCc2ccc(Br)s2)C1(C)C. The first kappa shape index (κ1) is 13.5. The monoisotopic (exact) mass is 317 g/mol. The van der Waals surface area contributed by atoms with Crippen LogP contribution < -0.4 is 5.32 Å². The van der Waals surface area contributed by atoms with E-state index in [9.17, 15) is 0 Å². The van der Waals surface area contributed by atoms with Crippen LogP contribution in [0.15, 0.2) is 15.9 Å². The van der Waals surface area contributed by atoms with Crippen LogP contribution in [-0.4, -0.2) is 18.8 Å². The van der Waals surface area contributed by atoms with E-state index in [0.717, 1.165) is 19.6 Å². The zero-order valence-electron chi connectivity index (χ0n) is 10.6. The maximum atomic E-state index is 5.73. The Kier molecular flexibility index (Phi) is 4.29. The highest BCUT2D eigenvalue weighted by atomic mass is 79.9. The maximum Gasteiger partial charge on any atom is 0.0701 e. The Morgan fingerprint density at radius 1 is 1.53 bits per heavy atom. The number of ether oxygens (including phenoxy) is 1. The Bertz CT molecular complexity index is 377. The quantitative estimate of drug-likeness (QED) is 0.891. The van der Waals surface area contributed by atoms with Crippen LogP contribution in [0.4, 0.5) is 0 Å². The summed E-state index contributed by atoms with van der Waals surface area (Å²) in [4.78, 5) is 1.38. The van der Waals surface area contributed by atoms with E-state index in [-0.39, 0.29) is 5.41 Å². The molecule has 0 amide bonds. The lowest BCUT2D eigenvalue weighted by atomic mass is 9.64. The third kappa shape index (κ3) is 2.92. The third-order valence-corrected chi connectivity index (χ3v) is 5.32. The fraction of sp³-hybridized carbons (Fsp3) is 0.692. The number of rotatable bonds is 5. The fourth-order valence-corrected chi connectivity index (χ4v) is 3.82. The molecule has 1 aromatic heterocycles. The van der Waals surface area contributed by atoms with E-state index in [4.69, 9.17) is 4.74 Å². The summed E-state index contributed by atoms with van der Waals surface area (Å²) in [6.07, 6.45) is 1.55. The summed E-state index contributed by atoms with van der Waals surface area (Å²) in [5, 5.41) is 3.64. The summed E-state index contributed by atoms with van der Waals surface area (Å²) in [6, 6.07) is 4.85. The smallest absolute Gasteiger partial charge is 0.0701 e. The van der Waals surface area contributed by atoms with Crippen molar-refractivity contribution in [2.45, 2.75) is 45.9 Å². The van der Waals surface area contributed by atoms with Crippen molar-refractivity contribution in [3.63, 3.8) is 0 Å². The van der Waals surface area contributed by atoms with Crippen molar-refractivity contribution >= 4 is 27.3 Å². The highest BCUT2D eigenvalue weighted by Gasteiger charge is 2.48. The molecular weight excluding hydrogens is 298 g/mol. The van der Waals surface area contributed by atoms with Crippen molar-refractivity contribution in [1.29, 1.82) is 0 Å². The third-order valence-electron chi connectivity index (χ3n) is 3.70. The van der Waals surface area contributed by atoms with Gasteiger partial charge in [0.2, 0.25) is 0 Å². The Labute approximate surface area is 116 Å². The average Bonchev–Trinajstić information content (AvgIpc) is 2.68. The van der Waals surface area contributed by atoms with Crippen molar-refractivity contribution < 1.29 is 4.74 Å². The van der Waals surface area contributed by atoms with Crippen LogP contribution in [0.1, 0.15) is 32.1 Å². The second-order valence-electron chi connectivity index (χ2n) is 5.14. The molecule has 0 radical (unpaired) electrons. The van der Waals surface area contributed by atoms with Crippen molar-refractivity contribution in [3.05, 3.63) is 20.8 Å². The molecule has 1 saturated carbocycles. The van der Waals surface area contributed by atoms with Crippen LogP contribution in [0.2, 0.25) is 0 Å². The van der Waals surface area contributed by atoms with Gasteiger partial charge in [0, 0.05) is 29.5 Å². The van der Waals surface area contributed by atoms with Crippen LogP contribution >= 0.6 is 27.3 Å². The van der Waals surface area contributed by atoms with Gasteiger partial charge >= 0.3 is 0 Å². The minimum Gasteiger partial charge on any atom is -0.378 e. The summed E-state index contributed by atoms with van der Waals surface area (Å²) in [5.41, 5.74) is 0.254. The molecular formula is C13H20BrNOS. The predicted octanol–water partition coefficient (Wildman–Crippen LogP) is 3.80. The molecule has 2 atom stereocenters. The molecule has 1 aliphatic rings. The minimum atomic E-state index is 0.254. The fourth-order valence-electron chi connectivity index (χ4n) is 2.39. The van der Waals surface area contributed by atoms with E-state index in [1.165, 1.54) is 8.66 Å². The number of halogens is 1. The molecule has 0 aliphatic heterocycles. The van der Waals surface area contributed by atoms with Gasteiger partial charge in [0.05, 0.1) is 9.89 Å². The Morgan fingerprint density at radius 2 is 2.29 bits per heavy atom. The average molecular weight is 318 g/mol. The van der Waals surface area contributed by atoms with Crippen molar-refractivity contribution in [2.24, 2.45) is 5.41 Å². The number of hydrogen-bond donors (Lipinski definition) is 1. The molecule has 1 aromatic rings. The van der Waals surface area contributed by atoms with E-state index in [1.807, 2.05) is 0 Å². The first-order valence-electron chi connectivity index (χ1n) is 6.13. The van der Waals surface area contributed by atoms with Gasteiger partial charge in [-0.15, -0.1) is 11.3 Å². The first-order chi connectivity index (χ1) is 8.04. The molecule has 1 fully saturated rings. The van der Waals surface area contributed by atoms with Gasteiger partial charge in [-0.1, -0.05) is 13.8 Å². The van der Waals surface area contributed by atoms with Gasteiger partial charge in [-0.25, -0.2) is 0 Å². The Balaban J connectivity index is 1.82. The molecule has 4 heteroatoms. The van der Waals surface area contributed by atoms with Crippen LogP contribution in [0.5, 0.6) is 0 Å². The molecule has 0 aromatic carbocycles. The van der Waals surface area contributed by atoms with Gasteiger partial charge in [-0.3, -0.25) is 0 Å². The van der Waals surface area contributed by atoms with Crippen molar-refractivity contribution in [1.82, 2.24) is 5.32 Å². The lowest BCUT2D eigenvalue weighted by molar-refractivity contribution is -0.114. The molecule has 1 aliphatic carbocycles. The van der Waals surface area contributed by atoms with Crippen LogP contribution in [-0.2, 0) is 11.3 Å². The highest BCUT2D eigenvalue weighted by molar-refractivity contribution is 9.11. The molecule has 0 spiro atoms. The van der Waals surface area contributed by atoms with E-state index < -0.39 is 0 Å². The zero-order chi connectivity index (χ0) is 12.5. The molecule has 2 unspecified atom stereocenters. The van der Waals surface area contributed by atoms with Gasteiger partial charge in [0.15, 0.2) is 0 Å². The van der Waals surface area contributed by atoms with Gasteiger partial charge in [-0.05, 0) is 41.4 Å². The molecule has 1 N–H and O–H groups in total. The molecule has 0 saturated heterocycles. The minimum absolute atomic E-state index is 0.254. The summed E-state index contributed by atoms with van der Waals surface area (Å²) in [6.45, 7) is 8.43. The van der Waals surface area contributed by atoms with Crippen molar-refractivity contribution in [3.8, 4) is 0 Å². The van der Waals surface area contributed by atoms with Gasteiger partial charge in [-0.2, -0.15) is 0 Å². The lowest BCUT2D eigenvalue weighted by Crippen LogP contribution is -2.60. The zero-order valence-corrected chi connectivity index (χ0v) is 13.0. The normalized spacial score (nSPS) is 26.8. The lowest BCUT2D eigenvalue weighted by Gasteiger charge is -2.51. The number of hydrogen-bond acceptors (Lipinski definition) is 3. The van der Waals surface area contributed by atoms with Gasteiger partial charge < -0.3 is 10.1 Å². The highest BCUT2D eigenvalue weighted by Crippen LogP contribution is 2.42. The second kappa shape index (κ2) is 5.39. The largest absolute Gasteiger partial charge is 0.378 e. The Hall–Kier alpha value is 0.1000. The predicted molar refractivity (Wildman–Crippen MR) is 76.5 cm³/mol. The molecule has 17 heavy (non-hydrogen) atoms. The summed E-state index contributed by atoms with van der Waals surface area (Å²) in [5.74, 6) is 0. The summed E-state index contributed by atoms with van der Waals surface area (Å²) < 4.78 is 6.94. The summed E-state index contributed by atoms with van der Waals surface area (Å²) >= 11 is 5.29. The molecule has 96 valence electrons. The topological polar surface area (TPSA) is 21.3 Å². The van der Waals surface area contributed by atoms with Crippen LogP contribution in [0.3, 0.4) is 0 Å². The molecule has 0 bridgehead atoms. The van der Waals surface area contributed by atoms with Gasteiger partial charge in [0.25, 0.3) is 0 Å². The molecule has 2 rings (SSSR count). The van der Waals surface area contributed by atoms with Crippen molar-refractivity contribution in [2.75, 3.05) is 6.61 Å². The first-order valence-corrected chi connectivity index (χ1v) is 7.74. The van der Waals surface area contributed by atoms with E-state index in [2.05, 4.69) is 54.2 Å². The molecule has 1 heterocycles. The Morgan fingerprint density at radius 3 is 2.82 bits per heavy atom. The number of thiophene rings is 1. The van der Waals surface area contributed by atoms with Crippen LogP contribution in [0.25, 0.3) is 0 Å². The van der Waals surface area contributed by atoms with E-state index in [1.54, 1.807) is 11.3 Å². The van der Waals surface area contributed by atoms with Gasteiger partial charge in [0.1, 0.15) is 0 Å².